The summed E-state index contributed by atoms with van der Waals surface area (Å²) in [5, 5.41) is 15.5. The lowest BCUT2D eigenvalue weighted by Crippen LogP contribution is -2.57. The van der Waals surface area contributed by atoms with Crippen LogP contribution in [0.2, 0.25) is 0 Å². The topological polar surface area (TPSA) is 177 Å². The third-order valence-electron chi connectivity index (χ3n) is 7.13. The molecule has 2 aliphatic rings. The second kappa shape index (κ2) is 10.6. The molecule has 0 saturated carbocycles. The fourth-order valence-corrected chi connectivity index (χ4v) is 7.56. The molecule has 4 heterocycles. The molecule has 15 heteroatoms. The second-order valence-corrected chi connectivity index (χ2v) is 12.7. The van der Waals surface area contributed by atoms with Gasteiger partial charge in [-0.2, -0.15) is 4.31 Å². The van der Waals surface area contributed by atoms with Crippen LogP contribution < -0.4 is 11.1 Å². The van der Waals surface area contributed by atoms with Crippen molar-refractivity contribution in [2.24, 2.45) is 10.9 Å². The molecule has 5 rings (SSSR count). The fraction of sp³-hybridized carbons (Fsp3) is 0.417. The smallest absolute Gasteiger partial charge is 0.283 e. The number of nitrogens with zero attached hydrogens (tertiary/aromatic N) is 5. The van der Waals surface area contributed by atoms with Gasteiger partial charge in [-0.25, -0.2) is 13.4 Å². The van der Waals surface area contributed by atoms with E-state index in [1.54, 1.807) is 23.1 Å². The van der Waals surface area contributed by atoms with E-state index in [1.807, 2.05) is 7.05 Å². The number of aromatic nitrogens is 2. The van der Waals surface area contributed by atoms with Crippen molar-refractivity contribution in [3.05, 3.63) is 45.4 Å². The van der Waals surface area contributed by atoms with Crippen molar-refractivity contribution in [3.63, 3.8) is 0 Å². The Balaban J connectivity index is 1.40. The van der Waals surface area contributed by atoms with Crippen molar-refractivity contribution in [1.29, 1.82) is 0 Å². The molecule has 0 bridgehead atoms. The number of rotatable bonds is 6. The van der Waals surface area contributed by atoms with Gasteiger partial charge in [0.1, 0.15) is 5.03 Å². The van der Waals surface area contributed by atoms with Crippen molar-refractivity contribution in [3.8, 4) is 0 Å². The molecule has 5 N–H and O–H groups in total. The van der Waals surface area contributed by atoms with Gasteiger partial charge in [-0.05, 0) is 19.2 Å². The van der Waals surface area contributed by atoms with E-state index >= 15 is 0 Å². The molecule has 1 aromatic carbocycles. The van der Waals surface area contributed by atoms with Gasteiger partial charge in [0.2, 0.25) is 5.91 Å². The van der Waals surface area contributed by atoms with Crippen LogP contribution >= 0.6 is 11.3 Å². The number of thiazole rings is 1. The van der Waals surface area contributed by atoms with E-state index in [9.17, 15) is 18.0 Å². The number of oxime groups is 1. The number of aromatic amines is 1. The summed E-state index contributed by atoms with van der Waals surface area (Å²) in [6.45, 7) is 1.76. The third-order valence-corrected chi connectivity index (χ3v) is 9.99. The van der Waals surface area contributed by atoms with E-state index in [-0.39, 0.29) is 48.7 Å². The van der Waals surface area contributed by atoms with Gasteiger partial charge < -0.3 is 31.0 Å². The van der Waals surface area contributed by atoms with Gasteiger partial charge in [0.05, 0.1) is 11.7 Å². The number of carbonyl (C=O) groups is 2. The highest BCUT2D eigenvalue weighted by atomic mass is 32.2. The summed E-state index contributed by atoms with van der Waals surface area (Å²) in [5.74, 6) is -0.676. The Kier molecular flexibility index (Phi) is 7.33. The molecule has 0 aliphatic carbocycles. The van der Waals surface area contributed by atoms with Gasteiger partial charge in [-0.15, -0.1) is 11.3 Å². The van der Waals surface area contributed by atoms with E-state index in [0.717, 1.165) is 30.1 Å². The molecule has 0 radical (unpaired) electrons. The molecule has 3 aromatic rings. The van der Waals surface area contributed by atoms with Gasteiger partial charge in [-0.1, -0.05) is 17.3 Å². The number of carbonyl (C=O) groups excluding carboxylic acids is 2. The number of likely N-dealkylation sites (N-methyl/N-ethyl adjacent to an activating group) is 1. The largest absolute Gasteiger partial charge is 0.409 e. The van der Waals surface area contributed by atoms with Gasteiger partial charge >= 0.3 is 0 Å². The fourth-order valence-electron chi connectivity index (χ4n) is 4.94. The Bertz CT molecular complexity index is 1560. The quantitative estimate of drug-likeness (QED) is 0.141. The van der Waals surface area contributed by atoms with Crippen LogP contribution in [0.15, 0.2) is 34.4 Å². The highest BCUT2D eigenvalue weighted by Crippen LogP contribution is 2.29. The van der Waals surface area contributed by atoms with Crippen LogP contribution in [0.25, 0.3) is 10.9 Å². The van der Waals surface area contributed by atoms with Crippen molar-refractivity contribution < 1.29 is 23.2 Å². The number of H-pyrrole nitrogens is 1. The summed E-state index contributed by atoms with van der Waals surface area (Å²) in [5.41, 5.74) is 7.53. The first-order valence-corrected chi connectivity index (χ1v) is 14.7. The zero-order valence-electron chi connectivity index (χ0n) is 21.5. The number of amides is 2. The van der Waals surface area contributed by atoms with Crippen LogP contribution in [0.1, 0.15) is 32.4 Å². The van der Waals surface area contributed by atoms with Crippen LogP contribution in [0.5, 0.6) is 0 Å². The van der Waals surface area contributed by atoms with Crippen molar-refractivity contribution >= 4 is 49.9 Å². The number of sulfonamides is 1. The molecule has 0 spiro atoms. The molecule has 2 amide bonds. The van der Waals surface area contributed by atoms with Crippen molar-refractivity contribution in [2.45, 2.75) is 30.5 Å². The highest BCUT2D eigenvalue weighted by Gasteiger charge is 2.39. The van der Waals surface area contributed by atoms with Crippen molar-refractivity contribution in [1.82, 2.24) is 29.4 Å². The van der Waals surface area contributed by atoms with Gasteiger partial charge in [0, 0.05) is 74.0 Å². The van der Waals surface area contributed by atoms with E-state index in [0.29, 0.717) is 21.5 Å². The number of piperazine rings is 1. The van der Waals surface area contributed by atoms with Crippen LogP contribution in [0.3, 0.4) is 0 Å². The first kappa shape index (κ1) is 27.1. The first-order valence-electron chi connectivity index (χ1n) is 12.4. The first-order chi connectivity index (χ1) is 18.6. The summed E-state index contributed by atoms with van der Waals surface area (Å²) in [6, 6.07) is 5.75. The average Bonchev–Trinajstić information content (AvgIpc) is 3.56. The Morgan fingerprint density at radius 2 is 2.08 bits per heavy atom. The Morgan fingerprint density at radius 1 is 1.28 bits per heavy atom. The van der Waals surface area contributed by atoms with E-state index in [1.165, 1.54) is 28.8 Å². The molecule has 1 saturated heterocycles. The minimum Gasteiger partial charge on any atom is -0.409 e. The SMILES string of the molecule is CNC(=O)CC1CN(S(=O)(=O)c2cc3ccc(C(N)=NO)cc3[nH]2)CCN1C(=O)c1nc2c(s1)CN(C)CC2. The summed E-state index contributed by atoms with van der Waals surface area (Å²) in [6.07, 6.45) is 0.729. The van der Waals surface area contributed by atoms with Gasteiger partial charge in [-0.3, -0.25) is 9.59 Å². The number of hydrogen-bond acceptors (Lipinski definition) is 9. The maximum Gasteiger partial charge on any atom is 0.283 e. The summed E-state index contributed by atoms with van der Waals surface area (Å²) in [7, 11) is -0.455. The van der Waals surface area contributed by atoms with Crippen LogP contribution in [-0.4, -0.2) is 102 Å². The standard InChI is InChI=1S/C24H30N8O5S2/c1-26-20(33)11-16-12-31(7-8-32(16)24(34)23-28-17-5-6-30(2)13-19(17)38-23)39(36,37)21-10-14-3-4-15(22(25)29-35)9-18(14)27-21/h3-4,9-10,16,27,35H,5-8,11-13H2,1-2H3,(H2,25,29)(H,26,33). The van der Waals surface area contributed by atoms with Gasteiger partial charge in [0.15, 0.2) is 10.8 Å². The third kappa shape index (κ3) is 5.22. The summed E-state index contributed by atoms with van der Waals surface area (Å²) in [4.78, 5) is 38.2. The molecule has 39 heavy (non-hydrogen) atoms. The minimum atomic E-state index is -3.98. The van der Waals surface area contributed by atoms with E-state index in [4.69, 9.17) is 10.9 Å². The number of fused-ring (bicyclic) bond motifs is 2. The van der Waals surface area contributed by atoms with Crippen molar-refractivity contribution in [2.75, 3.05) is 40.3 Å². The molecule has 1 atom stereocenters. The maximum atomic E-state index is 13.6. The Morgan fingerprint density at radius 3 is 2.82 bits per heavy atom. The van der Waals surface area contributed by atoms with E-state index < -0.39 is 16.1 Å². The maximum absolute atomic E-state index is 13.6. The second-order valence-electron chi connectivity index (χ2n) is 9.69. The number of amidine groups is 1. The Labute approximate surface area is 229 Å². The lowest BCUT2D eigenvalue weighted by molar-refractivity contribution is -0.121. The predicted molar refractivity (Wildman–Crippen MR) is 145 cm³/mol. The normalized spacial score (nSPS) is 19.3. The number of nitrogens with one attached hydrogen (secondary N) is 2. The molecule has 13 nitrogen and oxygen atoms in total. The highest BCUT2D eigenvalue weighted by molar-refractivity contribution is 7.89. The molecule has 2 aliphatic heterocycles. The average molecular weight is 575 g/mol. The summed E-state index contributed by atoms with van der Waals surface area (Å²) >= 11 is 1.36. The van der Waals surface area contributed by atoms with Crippen LogP contribution in [0.4, 0.5) is 0 Å². The lowest BCUT2D eigenvalue weighted by Gasteiger charge is -2.40. The van der Waals surface area contributed by atoms with E-state index in [2.05, 4.69) is 25.3 Å². The summed E-state index contributed by atoms with van der Waals surface area (Å²) < 4.78 is 28.6. The molecular weight excluding hydrogens is 544 g/mol. The molecule has 1 unspecified atom stereocenters. The Hall–Kier alpha value is -3.53. The van der Waals surface area contributed by atoms with Crippen LogP contribution in [0, 0.1) is 0 Å². The number of benzene rings is 1. The predicted octanol–water partition coefficient (Wildman–Crippen LogP) is 0.358. The van der Waals surface area contributed by atoms with Gasteiger partial charge in [0.25, 0.3) is 15.9 Å². The molecule has 208 valence electrons. The minimum absolute atomic E-state index is 0.0238. The molecular formula is C24H30N8O5S2. The lowest BCUT2D eigenvalue weighted by atomic mass is 10.1. The zero-order chi connectivity index (χ0) is 27.9. The van der Waals surface area contributed by atoms with Crippen LogP contribution in [-0.2, 0) is 27.8 Å². The molecule has 1 fully saturated rings. The number of nitrogens with two attached hydrogens (primary N) is 1. The molecule has 2 aromatic heterocycles. The number of hydrogen-bond donors (Lipinski definition) is 4. The monoisotopic (exact) mass is 574 g/mol. The zero-order valence-corrected chi connectivity index (χ0v) is 23.2.